The summed E-state index contributed by atoms with van der Waals surface area (Å²) in [6.07, 6.45) is 5.42. The minimum absolute atomic E-state index is 0.256. The van der Waals surface area contributed by atoms with Gasteiger partial charge >= 0.3 is 0 Å². The zero-order valence-corrected chi connectivity index (χ0v) is 12.7. The summed E-state index contributed by atoms with van der Waals surface area (Å²) in [7, 11) is 0. The van der Waals surface area contributed by atoms with Crippen LogP contribution in [0, 0.1) is 19.3 Å². The molecule has 0 spiro atoms. The van der Waals surface area contributed by atoms with Gasteiger partial charge in [0.1, 0.15) is 17.3 Å². The van der Waals surface area contributed by atoms with Crippen LogP contribution in [0.15, 0.2) is 18.2 Å². The molecule has 0 atom stereocenters. The van der Waals surface area contributed by atoms with Crippen molar-refractivity contribution in [2.75, 3.05) is 5.73 Å². The Morgan fingerprint density at radius 2 is 2.15 bits per heavy atom. The molecule has 3 nitrogen and oxygen atoms in total. The summed E-state index contributed by atoms with van der Waals surface area (Å²) in [5, 5.41) is 0.706. The Kier molecular flexibility index (Phi) is 4.06. The highest BCUT2D eigenvalue weighted by atomic mass is 35.5. The summed E-state index contributed by atoms with van der Waals surface area (Å²) >= 11 is 6.00. The Morgan fingerprint density at radius 3 is 2.70 bits per heavy atom. The number of terminal acetylenes is 1. The van der Waals surface area contributed by atoms with Crippen molar-refractivity contribution in [2.45, 2.75) is 33.2 Å². The number of benzene rings is 1. The van der Waals surface area contributed by atoms with Gasteiger partial charge in [0.2, 0.25) is 0 Å². The van der Waals surface area contributed by atoms with E-state index in [0.717, 1.165) is 22.6 Å². The summed E-state index contributed by atoms with van der Waals surface area (Å²) in [5.41, 5.74) is 9.05. The molecule has 0 radical (unpaired) electrons. The molecular formula is C16H18ClN3. The van der Waals surface area contributed by atoms with E-state index >= 15 is 0 Å². The van der Waals surface area contributed by atoms with Crippen molar-refractivity contribution in [3.63, 3.8) is 0 Å². The molecular weight excluding hydrogens is 270 g/mol. The highest BCUT2D eigenvalue weighted by Crippen LogP contribution is 2.32. The number of anilines is 1. The van der Waals surface area contributed by atoms with Crippen molar-refractivity contribution in [1.29, 1.82) is 0 Å². The highest BCUT2D eigenvalue weighted by Gasteiger charge is 2.18. The number of hydrogen-bond donors (Lipinski definition) is 1. The number of nitrogens with zero attached hydrogens (tertiary/aromatic N) is 2. The molecule has 1 aromatic heterocycles. The lowest BCUT2D eigenvalue weighted by Crippen LogP contribution is -2.07. The maximum absolute atomic E-state index is 6.24. The summed E-state index contributed by atoms with van der Waals surface area (Å²) in [6.45, 7) is 6.58. The minimum Gasteiger partial charge on any atom is -0.383 e. The van der Waals surface area contributed by atoms with E-state index in [1.807, 2.05) is 29.7 Å². The summed E-state index contributed by atoms with van der Waals surface area (Å²) in [6, 6.07) is 5.70. The molecule has 0 saturated carbocycles. The lowest BCUT2D eigenvalue weighted by Gasteiger charge is -2.08. The fraction of sp³-hybridized carbons (Fsp3) is 0.312. The number of hydrogen-bond acceptors (Lipinski definition) is 2. The van der Waals surface area contributed by atoms with E-state index in [2.05, 4.69) is 24.8 Å². The molecule has 0 aliphatic rings. The monoisotopic (exact) mass is 287 g/mol. The number of nitrogen functional groups attached to an aromatic ring is 1. The van der Waals surface area contributed by atoms with Gasteiger partial charge in [0, 0.05) is 16.5 Å². The molecule has 0 unspecified atom stereocenters. The fourth-order valence-corrected chi connectivity index (χ4v) is 2.50. The third-order valence-corrected chi connectivity index (χ3v) is 3.48. The number of nitrogens with two attached hydrogens (primary N) is 1. The number of imidazole rings is 1. The van der Waals surface area contributed by atoms with E-state index in [1.165, 1.54) is 0 Å². The average molecular weight is 288 g/mol. The van der Waals surface area contributed by atoms with Crippen LogP contribution in [-0.4, -0.2) is 9.55 Å². The first-order valence-electron chi connectivity index (χ1n) is 6.51. The Bertz CT molecular complexity index is 678. The number of halogens is 1. The van der Waals surface area contributed by atoms with E-state index in [1.54, 1.807) is 0 Å². The number of aromatic nitrogens is 2. The largest absolute Gasteiger partial charge is 0.383 e. The molecule has 2 aromatic rings. The second kappa shape index (κ2) is 5.60. The molecule has 0 bridgehead atoms. The van der Waals surface area contributed by atoms with Crippen LogP contribution >= 0.6 is 11.6 Å². The smallest absolute Gasteiger partial charge is 0.132 e. The maximum Gasteiger partial charge on any atom is 0.132 e. The first-order valence-corrected chi connectivity index (χ1v) is 6.89. The summed E-state index contributed by atoms with van der Waals surface area (Å²) < 4.78 is 1.90. The molecule has 0 aliphatic carbocycles. The molecule has 4 heteroatoms. The normalized spacial score (nSPS) is 10.8. The van der Waals surface area contributed by atoms with Crippen molar-refractivity contribution >= 4 is 17.4 Å². The molecule has 1 aromatic carbocycles. The second-order valence-electron chi connectivity index (χ2n) is 5.11. The van der Waals surface area contributed by atoms with Crippen molar-refractivity contribution in [2.24, 2.45) is 0 Å². The predicted octanol–water partition coefficient (Wildman–Crippen LogP) is 3.85. The van der Waals surface area contributed by atoms with Gasteiger partial charge in [-0.3, -0.25) is 0 Å². The van der Waals surface area contributed by atoms with Crippen molar-refractivity contribution in [3.05, 3.63) is 34.6 Å². The van der Waals surface area contributed by atoms with Gasteiger partial charge in [-0.15, -0.1) is 6.42 Å². The van der Waals surface area contributed by atoms with Gasteiger partial charge in [-0.2, -0.15) is 0 Å². The molecule has 0 amide bonds. The van der Waals surface area contributed by atoms with Crippen molar-refractivity contribution in [1.82, 2.24) is 9.55 Å². The maximum atomic E-state index is 6.24. The van der Waals surface area contributed by atoms with Crippen molar-refractivity contribution in [3.8, 4) is 23.6 Å². The van der Waals surface area contributed by atoms with Crippen LogP contribution in [0.5, 0.6) is 0 Å². The Balaban J connectivity index is 2.63. The van der Waals surface area contributed by atoms with E-state index in [9.17, 15) is 0 Å². The summed E-state index contributed by atoms with van der Waals surface area (Å²) in [5.74, 6) is 4.40. The molecule has 2 rings (SSSR count). The van der Waals surface area contributed by atoms with Crippen LogP contribution in [0.2, 0.25) is 5.02 Å². The van der Waals surface area contributed by atoms with Gasteiger partial charge < -0.3 is 10.3 Å². The Hall–Kier alpha value is -1.92. The van der Waals surface area contributed by atoms with Gasteiger partial charge in [0.25, 0.3) is 0 Å². The van der Waals surface area contributed by atoms with Gasteiger partial charge in [0.15, 0.2) is 0 Å². The fourth-order valence-electron chi connectivity index (χ4n) is 2.27. The van der Waals surface area contributed by atoms with Crippen LogP contribution in [0.3, 0.4) is 0 Å². The van der Waals surface area contributed by atoms with Gasteiger partial charge in [0.05, 0.1) is 6.54 Å². The molecule has 0 fully saturated rings. The molecule has 0 saturated heterocycles. The highest BCUT2D eigenvalue weighted by molar-refractivity contribution is 6.30. The van der Waals surface area contributed by atoms with E-state index in [4.69, 9.17) is 23.8 Å². The van der Waals surface area contributed by atoms with E-state index in [-0.39, 0.29) is 5.92 Å². The average Bonchev–Trinajstić information content (AvgIpc) is 2.68. The lowest BCUT2D eigenvalue weighted by atomic mass is 10.1. The van der Waals surface area contributed by atoms with Crippen molar-refractivity contribution < 1.29 is 0 Å². The van der Waals surface area contributed by atoms with Crippen LogP contribution in [-0.2, 0) is 6.54 Å². The van der Waals surface area contributed by atoms with Crippen LogP contribution in [0.4, 0.5) is 5.82 Å². The number of aryl methyl sites for hydroxylation is 1. The van der Waals surface area contributed by atoms with Crippen LogP contribution in [0.1, 0.15) is 31.2 Å². The predicted molar refractivity (Wildman–Crippen MR) is 84.7 cm³/mol. The quantitative estimate of drug-likeness (QED) is 0.872. The number of rotatable bonds is 3. The van der Waals surface area contributed by atoms with Crippen LogP contribution in [0.25, 0.3) is 11.3 Å². The van der Waals surface area contributed by atoms with E-state index < -0.39 is 0 Å². The third-order valence-electron chi connectivity index (χ3n) is 3.25. The van der Waals surface area contributed by atoms with Gasteiger partial charge in [-0.05, 0) is 24.6 Å². The molecule has 20 heavy (non-hydrogen) atoms. The molecule has 104 valence electrons. The standard InChI is InChI=1S/C16H18ClN3/c1-5-8-20-15(18)14(19-16(20)10(2)3)13-7-6-12(17)9-11(13)4/h1,6-7,9-10H,8,18H2,2-4H3. The first kappa shape index (κ1) is 14.5. The van der Waals surface area contributed by atoms with Crippen LogP contribution < -0.4 is 5.73 Å². The lowest BCUT2D eigenvalue weighted by molar-refractivity contribution is 0.691. The third kappa shape index (κ3) is 2.52. The van der Waals surface area contributed by atoms with E-state index in [0.29, 0.717) is 17.4 Å². The molecule has 2 N–H and O–H groups in total. The second-order valence-corrected chi connectivity index (χ2v) is 5.54. The summed E-state index contributed by atoms with van der Waals surface area (Å²) in [4.78, 5) is 4.69. The first-order chi connectivity index (χ1) is 9.45. The topological polar surface area (TPSA) is 43.8 Å². The zero-order valence-electron chi connectivity index (χ0n) is 11.9. The zero-order chi connectivity index (χ0) is 14.9. The van der Waals surface area contributed by atoms with Gasteiger partial charge in [-0.25, -0.2) is 4.98 Å². The Labute approximate surface area is 124 Å². The Morgan fingerprint density at radius 1 is 1.45 bits per heavy atom. The molecule has 0 aliphatic heterocycles. The minimum atomic E-state index is 0.256. The SMILES string of the molecule is C#CCn1c(C(C)C)nc(-c2ccc(Cl)cc2C)c1N. The molecule has 1 heterocycles. The van der Waals surface area contributed by atoms with Gasteiger partial charge in [-0.1, -0.05) is 37.4 Å².